The Bertz CT molecular complexity index is 557. The van der Waals surface area contributed by atoms with Gasteiger partial charge < -0.3 is 9.47 Å². The first-order valence-corrected chi connectivity index (χ1v) is 8.31. The van der Waals surface area contributed by atoms with Crippen molar-refractivity contribution in [2.45, 2.75) is 19.1 Å². The zero-order valence-corrected chi connectivity index (χ0v) is 13.9. The third-order valence-corrected chi connectivity index (χ3v) is 3.80. The van der Waals surface area contributed by atoms with E-state index in [9.17, 15) is 4.79 Å². The molecule has 0 spiro atoms. The lowest BCUT2D eigenvalue weighted by Crippen LogP contribution is -2.26. The van der Waals surface area contributed by atoms with Gasteiger partial charge in [-0.3, -0.25) is 4.79 Å². The molecule has 2 aromatic rings. The highest BCUT2D eigenvalue weighted by molar-refractivity contribution is 9.09. The van der Waals surface area contributed by atoms with Crippen LogP contribution < -0.4 is 0 Å². The maximum Gasteiger partial charge on any atom is 0.310 e. The van der Waals surface area contributed by atoms with Crippen molar-refractivity contribution in [3.05, 3.63) is 71.8 Å². The van der Waals surface area contributed by atoms with E-state index in [1.54, 1.807) is 0 Å². The summed E-state index contributed by atoms with van der Waals surface area (Å²) in [6.07, 6.45) is 0.00293. The summed E-state index contributed by atoms with van der Waals surface area (Å²) in [5, 5.41) is 0.558. The van der Waals surface area contributed by atoms with Crippen molar-refractivity contribution in [3.63, 3.8) is 0 Å². The highest BCUT2D eigenvalue weighted by Gasteiger charge is 2.14. The average molecular weight is 363 g/mol. The molecule has 0 heterocycles. The fraction of sp³-hybridized carbons (Fsp3) is 0.278. The summed E-state index contributed by atoms with van der Waals surface area (Å²) in [7, 11) is 0. The molecule has 2 rings (SSSR count). The Labute approximate surface area is 139 Å². The fourth-order valence-corrected chi connectivity index (χ4v) is 2.30. The van der Waals surface area contributed by atoms with E-state index >= 15 is 0 Å². The third kappa shape index (κ3) is 6.00. The van der Waals surface area contributed by atoms with Crippen molar-refractivity contribution >= 4 is 21.9 Å². The van der Waals surface area contributed by atoms with Crippen molar-refractivity contribution < 1.29 is 14.3 Å². The van der Waals surface area contributed by atoms with Crippen molar-refractivity contribution in [1.29, 1.82) is 0 Å². The van der Waals surface area contributed by atoms with Gasteiger partial charge in [0.25, 0.3) is 0 Å². The first-order valence-electron chi connectivity index (χ1n) is 7.19. The summed E-state index contributed by atoms with van der Waals surface area (Å²) in [5.74, 6) is -0.237. The number of hydrogen-bond acceptors (Lipinski definition) is 3. The monoisotopic (exact) mass is 362 g/mol. The first kappa shape index (κ1) is 16.7. The number of rotatable bonds is 8. The zero-order valence-electron chi connectivity index (χ0n) is 12.3. The maximum atomic E-state index is 11.9. The first-order chi connectivity index (χ1) is 10.8. The molecule has 0 N–H and O–H groups in total. The van der Waals surface area contributed by atoms with Gasteiger partial charge in [0.15, 0.2) is 0 Å². The lowest BCUT2D eigenvalue weighted by atomic mass is 10.1. The van der Waals surface area contributed by atoms with Gasteiger partial charge >= 0.3 is 5.97 Å². The van der Waals surface area contributed by atoms with Crippen molar-refractivity contribution in [2.75, 3.05) is 11.9 Å². The van der Waals surface area contributed by atoms with Gasteiger partial charge in [0.1, 0.15) is 6.10 Å². The molecule has 4 heteroatoms. The van der Waals surface area contributed by atoms with Gasteiger partial charge in [0, 0.05) is 5.33 Å². The molecule has 1 atom stereocenters. The molecule has 0 aliphatic rings. The van der Waals surface area contributed by atoms with E-state index < -0.39 is 0 Å². The molecule has 0 aliphatic carbocycles. The predicted octanol–water partition coefficient (Wildman–Crippen LogP) is 3.75. The van der Waals surface area contributed by atoms with Crippen LogP contribution in [-0.2, 0) is 27.3 Å². The number of ether oxygens (including phenoxy) is 2. The Balaban J connectivity index is 1.73. The molecule has 0 saturated heterocycles. The van der Waals surface area contributed by atoms with Crippen molar-refractivity contribution in [2.24, 2.45) is 0 Å². The van der Waals surface area contributed by atoms with Crippen LogP contribution in [0.1, 0.15) is 11.1 Å². The van der Waals surface area contributed by atoms with Crippen LogP contribution in [0.15, 0.2) is 60.7 Å². The molecule has 0 radical (unpaired) electrons. The van der Waals surface area contributed by atoms with Crippen LogP contribution in [0.4, 0.5) is 0 Å². The van der Waals surface area contributed by atoms with Gasteiger partial charge in [0.2, 0.25) is 0 Å². The van der Waals surface area contributed by atoms with Gasteiger partial charge in [-0.25, -0.2) is 0 Å². The number of carbonyl (C=O) groups excluding carboxylic acids is 1. The zero-order chi connectivity index (χ0) is 15.6. The second-order valence-electron chi connectivity index (χ2n) is 4.93. The largest absolute Gasteiger partial charge is 0.459 e. The van der Waals surface area contributed by atoms with E-state index in [-0.39, 0.29) is 18.5 Å². The normalized spacial score (nSPS) is 11.9. The van der Waals surface area contributed by atoms with Crippen LogP contribution in [-0.4, -0.2) is 24.0 Å². The van der Waals surface area contributed by atoms with Crippen LogP contribution in [0.3, 0.4) is 0 Å². The minimum atomic E-state index is -0.278. The molecule has 2 aromatic carbocycles. The molecule has 0 bridgehead atoms. The van der Waals surface area contributed by atoms with Crippen molar-refractivity contribution in [3.8, 4) is 0 Å². The number of halogens is 1. The third-order valence-electron chi connectivity index (χ3n) is 3.08. The fourth-order valence-electron chi connectivity index (χ4n) is 1.98. The number of alkyl halides is 1. The molecular weight excluding hydrogens is 344 g/mol. The molecule has 116 valence electrons. The molecular formula is C18H19BrO3. The number of hydrogen-bond donors (Lipinski definition) is 0. The second-order valence-corrected chi connectivity index (χ2v) is 5.58. The van der Waals surface area contributed by atoms with Gasteiger partial charge in [-0.15, -0.1) is 0 Å². The van der Waals surface area contributed by atoms with Gasteiger partial charge in [0.05, 0.1) is 19.6 Å². The summed E-state index contributed by atoms with van der Waals surface area (Å²) >= 11 is 3.36. The Kier molecular flexibility index (Phi) is 7.13. The minimum Gasteiger partial charge on any atom is -0.459 e. The van der Waals surface area contributed by atoms with E-state index in [4.69, 9.17) is 9.47 Å². The molecule has 0 fully saturated rings. The average Bonchev–Trinajstić information content (AvgIpc) is 2.56. The summed E-state index contributed by atoms with van der Waals surface area (Å²) in [4.78, 5) is 11.9. The molecule has 22 heavy (non-hydrogen) atoms. The van der Waals surface area contributed by atoms with Crippen molar-refractivity contribution in [1.82, 2.24) is 0 Å². The molecule has 3 nitrogen and oxygen atoms in total. The van der Waals surface area contributed by atoms with E-state index in [2.05, 4.69) is 15.9 Å². The smallest absolute Gasteiger partial charge is 0.310 e. The molecule has 0 saturated carbocycles. The highest BCUT2D eigenvalue weighted by atomic mass is 79.9. The summed E-state index contributed by atoms with van der Waals surface area (Å²) in [6.45, 7) is 0.890. The maximum absolute atomic E-state index is 11.9. The molecule has 0 amide bonds. The summed E-state index contributed by atoms with van der Waals surface area (Å²) < 4.78 is 11.0. The summed E-state index contributed by atoms with van der Waals surface area (Å²) in [6, 6.07) is 19.5. The highest BCUT2D eigenvalue weighted by Crippen LogP contribution is 2.07. The van der Waals surface area contributed by atoms with Gasteiger partial charge in [-0.2, -0.15) is 0 Å². The van der Waals surface area contributed by atoms with Gasteiger partial charge in [-0.05, 0) is 11.1 Å². The Morgan fingerprint density at radius 3 is 2.14 bits per heavy atom. The van der Waals surface area contributed by atoms with Crippen LogP contribution >= 0.6 is 15.9 Å². The predicted molar refractivity (Wildman–Crippen MR) is 89.9 cm³/mol. The van der Waals surface area contributed by atoms with Crippen LogP contribution in [0, 0.1) is 0 Å². The van der Waals surface area contributed by atoms with Crippen LogP contribution in [0.5, 0.6) is 0 Å². The van der Waals surface area contributed by atoms with E-state index in [0.717, 1.165) is 11.1 Å². The van der Waals surface area contributed by atoms with Crippen LogP contribution in [0.25, 0.3) is 0 Å². The number of benzene rings is 2. The quantitative estimate of drug-likeness (QED) is 0.529. The van der Waals surface area contributed by atoms with Gasteiger partial charge in [-0.1, -0.05) is 76.6 Å². The topological polar surface area (TPSA) is 35.5 Å². The number of esters is 1. The molecule has 0 aromatic heterocycles. The van der Waals surface area contributed by atoms with E-state index in [1.165, 1.54) is 0 Å². The SMILES string of the molecule is O=C(Cc1ccccc1)OC(CBr)COCc1ccccc1. The molecule has 1 unspecified atom stereocenters. The lowest BCUT2D eigenvalue weighted by Gasteiger charge is -2.16. The Morgan fingerprint density at radius 2 is 1.55 bits per heavy atom. The summed E-state index contributed by atoms with van der Waals surface area (Å²) in [5.41, 5.74) is 2.05. The van der Waals surface area contributed by atoms with E-state index in [1.807, 2.05) is 60.7 Å². The Hall–Kier alpha value is -1.65. The second kappa shape index (κ2) is 9.38. The van der Waals surface area contributed by atoms with Crippen LogP contribution in [0.2, 0.25) is 0 Å². The minimum absolute atomic E-state index is 0.237. The Morgan fingerprint density at radius 1 is 0.955 bits per heavy atom. The standard InChI is InChI=1S/C18H19BrO3/c19-12-17(14-21-13-16-9-5-2-6-10-16)22-18(20)11-15-7-3-1-4-8-15/h1-10,17H,11-14H2. The number of carbonyl (C=O) groups is 1. The van der Waals surface area contributed by atoms with E-state index in [0.29, 0.717) is 18.5 Å². The lowest BCUT2D eigenvalue weighted by molar-refractivity contribution is -0.150. The molecule has 0 aliphatic heterocycles.